The fourth-order valence-corrected chi connectivity index (χ4v) is 3.63. The number of amides is 2. The molecule has 2 N–H and O–H groups in total. The van der Waals surface area contributed by atoms with Crippen LogP contribution < -0.4 is 10.6 Å². The molecule has 0 radical (unpaired) electrons. The molecule has 0 fully saturated rings. The summed E-state index contributed by atoms with van der Waals surface area (Å²) in [4.78, 5) is 33.6. The van der Waals surface area contributed by atoms with Crippen LogP contribution in [0.5, 0.6) is 0 Å². The van der Waals surface area contributed by atoms with Gasteiger partial charge < -0.3 is 10.6 Å². The summed E-state index contributed by atoms with van der Waals surface area (Å²) in [6, 6.07) is 18.8. The Kier molecular flexibility index (Phi) is 6.98. The summed E-state index contributed by atoms with van der Waals surface area (Å²) in [5, 5.41) is 6.30. The molecule has 2 aromatic carbocycles. The quantitative estimate of drug-likeness (QED) is 0.377. The molecular weight excluding hydrogens is 459 g/mol. The van der Waals surface area contributed by atoms with Gasteiger partial charge in [0.15, 0.2) is 0 Å². The monoisotopic (exact) mass is 476 g/mol. The van der Waals surface area contributed by atoms with Crippen LogP contribution >= 0.6 is 23.2 Å². The van der Waals surface area contributed by atoms with Crippen molar-refractivity contribution in [3.8, 4) is 11.3 Å². The summed E-state index contributed by atoms with van der Waals surface area (Å²) in [6.45, 7) is 0.335. The van der Waals surface area contributed by atoms with Crippen molar-refractivity contribution in [3.05, 3.63) is 112 Å². The first-order valence-corrected chi connectivity index (χ1v) is 10.8. The molecule has 164 valence electrons. The van der Waals surface area contributed by atoms with E-state index in [-0.39, 0.29) is 16.5 Å². The highest BCUT2D eigenvalue weighted by atomic mass is 35.5. The topological polar surface area (TPSA) is 84.0 Å². The standard InChI is InChI=1S/C25H18Cl2N4O2/c26-21-9-7-18(13-20(21)23-5-1-2-11-29-23)31-25(33)19-8-6-17(12-22(19)27)24(32)30-15-16-4-3-10-28-14-16/h1-14H,15H2,(H,30,32)(H,31,33). The fourth-order valence-electron chi connectivity index (χ4n) is 3.15. The molecule has 0 saturated heterocycles. The minimum absolute atomic E-state index is 0.167. The number of benzene rings is 2. The third-order valence-electron chi connectivity index (χ3n) is 4.82. The Morgan fingerprint density at radius 1 is 0.848 bits per heavy atom. The maximum absolute atomic E-state index is 12.8. The van der Waals surface area contributed by atoms with Crippen molar-refractivity contribution < 1.29 is 9.59 Å². The third kappa shape index (κ3) is 5.55. The summed E-state index contributed by atoms with van der Waals surface area (Å²) < 4.78 is 0. The van der Waals surface area contributed by atoms with Gasteiger partial charge >= 0.3 is 0 Å². The van der Waals surface area contributed by atoms with E-state index in [0.29, 0.717) is 34.1 Å². The first kappa shape index (κ1) is 22.5. The lowest BCUT2D eigenvalue weighted by molar-refractivity contribution is 0.0949. The zero-order valence-corrected chi connectivity index (χ0v) is 18.8. The second-order valence-corrected chi connectivity index (χ2v) is 7.92. The largest absolute Gasteiger partial charge is 0.348 e. The number of hydrogen-bond donors (Lipinski definition) is 2. The van der Waals surface area contributed by atoms with Gasteiger partial charge in [-0.05, 0) is 60.2 Å². The Labute approximate surface area is 200 Å². The highest BCUT2D eigenvalue weighted by Gasteiger charge is 2.15. The van der Waals surface area contributed by atoms with E-state index < -0.39 is 5.91 Å². The van der Waals surface area contributed by atoms with Crippen molar-refractivity contribution in [2.45, 2.75) is 6.54 Å². The zero-order valence-electron chi connectivity index (χ0n) is 17.3. The van der Waals surface area contributed by atoms with Crippen molar-refractivity contribution in [1.29, 1.82) is 0 Å². The van der Waals surface area contributed by atoms with Crippen LogP contribution in [0.15, 0.2) is 85.3 Å². The molecule has 8 heteroatoms. The molecule has 0 atom stereocenters. The Bertz CT molecular complexity index is 1300. The molecule has 2 amide bonds. The molecular formula is C25H18Cl2N4O2. The average molecular weight is 477 g/mol. The molecule has 0 unspecified atom stereocenters. The van der Waals surface area contributed by atoms with Crippen molar-refractivity contribution in [1.82, 2.24) is 15.3 Å². The molecule has 6 nitrogen and oxygen atoms in total. The molecule has 0 aliphatic rings. The molecule has 4 rings (SSSR count). The molecule has 0 saturated carbocycles. The Morgan fingerprint density at radius 2 is 1.73 bits per heavy atom. The second-order valence-electron chi connectivity index (χ2n) is 7.10. The number of hydrogen-bond acceptors (Lipinski definition) is 4. The van der Waals surface area contributed by atoms with Crippen LogP contribution in [0.2, 0.25) is 10.0 Å². The summed E-state index contributed by atoms with van der Waals surface area (Å²) in [5.74, 6) is -0.706. The Morgan fingerprint density at radius 3 is 2.45 bits per heavy atom. The van der Waals surface area contributed by atoms with Gasteiger partial charge in [0, 0.05) is 41.9 Å². The summed E-state index contributed by atoms with van der Waals surface area (Å²) >= 11 is 12.6. The van der Waals surface area contributed by atoms with Crippen LogP contribution in [0.4, 0.5) is 5.69 Å². The lowest BCUT2D eigenvalue weighted by atomic mass is 10.1. The van der Waals surface area contributed by atoms with E-state index in [1.807, 2.05) is 24.3 Å². The van der Waals surface area contributed by atoms with E-state index >= 15 is 0 Å². The summed E-state index contributed by atoms with van der Waals surface area (Å²) in [7, 11) is 0. The molecule has 33 heavy (non-hydrogen) atoms. The van der Waals surface area contributed by atoms with E-state index in [1.54, 1.807) is 48.9 Å². The second kappa shape index (κ2) is 10.3. The molecule has 0 aliphatic heterocycles. The highest BCUT2D eigenvalue weighted by molar-refractivity contribution is 6.35. The van der Waals surface area contributed by atoms with Crippen molar-refractivity contribution >= 4 is 40.7 Å². The van der Waals surface area contributed by atoms with Crippen LogP contribution in [-0.4, -0.2) is 21.8 Å². The van der Waals surface area contributed by atoms with Crippen LogP contribution in [0.1, 0.15) is 26.3 Å². The third-order valence-corrected chi connectivity index (χ3v) is 5.46. The maximum Gasteiger partial charge on any atom is 0.257 e. The molecule has 0 bridgehead atoms. The van der Waals surface area contributed by atoms with Gasteiger partial charge in [-0.2, -0.15) is 0 Å². The first-order chi connectivity index (χ1) is 16.0. The molecule has 4 aromatic rings. The van der Waals surface area contributed by atoms with Gasteiger partial charge in [0.05, 0.1) is 21.3 Å². The fraction of sp³-hybridized carbons (Fsp3) is 0.0400. The SMILES string of the molecule is O=C(NCc1cccnc1)c1ccc(C(=O)Nc2ccc(Cl)c(-c3ccccn3)c2)c(Cl)c1. The highest BCUT2D eigenvalue weighted by Crippen LogP contribution is 2.29. The van der Waals surface area contributed by atoms with E-state index in [9.17, 15) is 9.59 Å². The Hall–Kier alpha value is -3.74. The normalized spacial score (nSPS) is 10.5. The number of pyridine rings is 2. The lowest BCUT2D eigenvalue weighted by Crippen LogP contribution is -2.23. The van der Waals surface area contributed by atoms with Gasteiger partial charge in [-0.3, -0.25) is 19.6 Å². The minimum atomic E-state index is -0.406. The average Bonchev–Trinajstić information content (AvgIpc) is 2.84. The van der Waals surface area contributed by atoms with E-state index in [2.05, 4.69) is 20.6 Å². The van der Waals surface area contributed by atoms with Crippen LogP contribution in [0.25, 0.3) is 11.3 Å². The molecule has 2 aromatic heterocycles. The van der Waals surface area contributed by atoms with Crippen molar-refractivity contribution in [3.63, 3.8) is 0 Å². The number of rotatable bonds is 6. The van der Waals surface area contributed by atoms with Crippen LogP contribution in [0, 0.1) is 0 Å². The predicted octanol–water partition coefficient (Wildman–Crippen LogP) is 5.63. The summed E-state index contributed by atoms with van der Waals surface area (Å²) in [5.41, 5.74) is 3.40. The molecule has 2 heterocycles. The number of nitrogens with one attached hydrogen (secondary N) is 2. The van der Waals surface area contributed by atoms with Gasteiger partial charge in [-0.25, -0.2) is 0 Å². The van der Waals surface area contributed by atoms with Gasteiger partial charge in [-0.1, -0.05) is 35.3 Å². The van der Waals surface area contributed by atoms with Crippen molar-refractivity contribution in [2.75, 3.05) is 5.32 Å². The molecule has 0 aliphatic carbocycles. The van der Waals surface area contributed by atoms with E-state index in [0.717, 1.165) is 5.56 Å². The number of carbonyl (C=O) groups is 2. The summed E-state index contributed by atoms with van der Waals surface area (Å²) in [6.07, 6.45) is 5.01. The smallest absolute Gasteiger partial charge is 0.257 e. The van der Waals surface area contributed by atoms with Gasteiger partial charge in [0.2, 0.25) is 0 Å². The minimum Gasteiger partial charge on any atom is -0.348 e. The van der Waals surface area contributed by atoms with Crippen LogP contribution in [-0.2, 0) is 6.54 Å². The van der Waals surface area contributed by atoms with Gasteiger partial charge in [0.1, 0.15) is 0 Å². The first-order valence-electron chi connectivity index (χ1n) is 10.0. The van der Waals surface area contributed by atoms with Crippen LogP contribution in [0.3, 0.4) is 0 Å². The number of aromatic nitrogens is 2. The number of carbonyl (C=O) groups excluding carboxylic acids is 2. The lowest BCUT2D eigenvalue weighted by Gasteiger charge is -2.11. The zero-order chi connectivity index (χ0) is 23.2. The Balaban J connectivity index is 1.46. The van der Waals surface area contributed by atoms with E-state index in [1.165, 1.54) is 12.1 Å². The van der Waals surface area contributed by atoms with E-state index in [4.69, 9.17) is 23.2 Å². The van der Waals surface area contributed by atoms with Crippen molar-refractivity contribution in [2.24, 2.45) is 0 Å². The number of halogens is 2. The van der Waals surface area contributed by atoms with Gasteiger partial charge in [0.25, 0.3) is 11.8 Å². The predicted molar refractivity (Wildman–Crippen MR) is 129 cm³/mol. The van der Waals surface area contributed by atoms with Gasteiger partial charge in [-0.15, -0.1) is 0 Å². The molecule has 0 spiro atoms. The number of anilines is 1. The number of nitrogens with zero attached hydrogens (tertiary/aromatic N) is 2. The maximum atomic E-state index is 12.8.